The average Bonchev–Trinajstić information content (AvgIpc) is 3.60. The van der Waals surface area contributed by atoms with Gasteiger partial charge < -0.3 is 25.6 Å². The Morgan fingerprint density at radius 3 is 2.33 bits per heavy atom. The summed E-state index contributed by atoms with van der Waals surface area (Å²) in [5.74, 6) is -0.751. The van der Waals surface area contributed by atoms with Crippen LogP contribution in [0.3, 0.4) is 0 Å². The lowest BCUT2D eigenvalue weighted by Crippen LogP contribution is -2.45. The predicted molar refractivity (Wildman–Crippen MR) is 202 cm³/mol. The molecule has 2 amide bonds. The molecule has 0 saturated carbocycles. The molecule has 12 heteroatoms. The summed E-state index contributed by atoms with van der Waals surface area (Å²) in [5.41, 5.74) is 6.92. The Kier molecular flexibility index (Phi) is 12.9. The lowest BCUT2D eigenvalue weighted by molar-refractivity contribution is -0.126. The van der Waals surface area contributed by atoms with Gasteiger partial charge in [0.25, 0.3) is 0 Å². The number of amides is 2. The lowest BCUT2D eigenvalue weighted by atomic mass is 10.00. The Balaban J connectivity index is 1.03. The van der Waals surface area contributed by atoms with Crippen LogP contribution in [0.5, 0.6) is 0 Å². The average molecular weight is 713 g/mol. The van der Waals surface area contributed by atoms with Gasteiger partial charge in [0.05, 0.1) is 17.3 Å². The number of nitrogens with zero attached hydrogens (tertiary/aromatic N) is 5. The van der Waals surface area contributed by atoms with E-state index in [1.165, 1.54) is 6.07 Å². The van der Waals surface area contributed by atoms with E-state index in [0.717, 1.165) is 96.8 Å². The molecule has 278 valence electrons. The summed E-state index contributed by atoms with van der Waals surface area (Å²) in [6, 6.07) is 13.3. The second-order valence-electron chi connectivity index (χ2n) is 13.8. The first-order valence-corrected chi connectivity index (χ1v) is 18.9. The number of halogens is 1. The molecule has 2 saturated heterocycles. The van der Waals surface area contributed by atoms with E-state index in [9.17, 15) is 9.59 Å². The van der Waals surface area contributed by atoms with Crippen LogP contribution in [-0.4, -0.2) is 88.4 Å². The first-order valence-electron chi connectivity index (χ1n) is 18.9. The molecule has 3 N–H and O–H groups in total. The smallest absolute Gasteiger partial charge is 0.220 e. The number of aryl methyl sites for hydroxylation is 2. The van der Waals surface area contributed by atoms with E-state index in [1.54, 1.807) is 12.1 Å². The molecule has 4 heterocycles. The SMILES string of the molecule is CCc1nc2c(cnn2CC)c(NC2CCOCC2)c1CNC(=O)CCC(=O)NCc1ccc(F)c(-c2cccc(CN3CCN(CC)CC3)c2)c1. The van der Waals surface area contributed by atoms with Gasteiger partial charge in [-0.25, -0.2) is 14.1 Å². The molecule has 0 aliphatic carbocycles. The molecule has 52 heavy (non-hydrogen) atoms. The fourth-order valence-electron chi connectivity index (χ4n) is 7.15. The number of carbonyl (C=O) groups excluding carboxylic acids is 2. The lowest BCUT2D eigenvalue weighted by Gasteiger charge is -2.34. The number of anilines is 1. The summed E-state index contributed by atoms with van der Waals surface area (Å²) in [7, 11) is 0. The highest BCUT2D eigenvalue weighted by atomic mass is 19.1. The summed E-state index contributed by atoms with van der Waals surface area (Å²) in [5, 5.41) is 15.2. The van der Waals surface area contributed by atoms with Crippen LogP contribution >= 0.6 is 0 Å². The Morgan fingerprint density at radius 1 is 0.885 bits per heavy atom. The van der Waals surface area contributed by atoms with Gasteiger partial charge >= 0.3 is 0 Å². The first-order chi connectivity index (χ1) is 25.3. The van der Waals surface area contributed by atoms with Crippen LogP contribution in [0.4, 0.5) is 10.1 Å². The van der Waals surface area contributed by atoms with Crippen LogP contribution < -0.4 is 16.0 Å². The van der Waals surface area contributed by atoms with Gasteiger partial charge in [0.15, 0.2) is 5.65 Å². The molecule has 4 aromatic rings. The van der Waals surface area contributed by atoms with Gasteiger partial charge in [-0.05, 0) is 67.6 Å². The molecule has 2 aliphatic heterocycles. The Morgan fingerprint density at radius 2 is 1.62 bits per heavy atom. The highest BCUT2D eigenvalue weighted by molar-refractivity contribution is 5.92. The molecule has 2 aromatic heterocycles. The van der Waals surface area contributed by atoms with Gasteiger partial charge in [-0.15, -0.1) is 0 Å². The quantitative estimate of drug-likeness (QED) is 0.153. The number of hydrogen-bond donors (Lipinski definition) is 3. The van der Waals surface area contributed by atoms with Crippen LogP contribution in [-0.2, 0) is 46.9 Å². The number of pyridine rings is 1. The predicted octanol–water partition coefficient (Wildman–Crippen LogP) is 5.26. The fraction of sp³-hybridized carbons (Fsp3) is 0.500. The molecule has 0 atom stereocenters. The maximum Gasteiger partial charge on any atom is 0.220 e. The molecule has 0 unspecified atom stereocenters. The molecular weight excluding hydrogens is 659 g/mol. The highest BCUT2D eigenvalue weighted by Crippen LogP contribution is 2.31. The molecule has 2 fully saturated rings. The molecule has 2 aliphatic rings. The minimum Gasteiger partial charge on any atom is -0.381 e. The first kappa shape index (κ1) is 37.4. The molecular formula is C40H53FN8O3. The third-order valence-electron chi connectivity index (χ3n) is 10.3. The van der Waals surface area contributed by atoms with Crippen molar-refractivity contribution in [1.29, 1.82) is 0 Å². The van der Waals surface area contributed by atoms with Crippen molar-refractivity contribution in [2.45, 2.75) is 85.1 Å². The van der Waals surface area contributed by atoms with Crippen molar-refractivity contribution in [3.05, 3.63) is 76.9 Å². The van der Waals surface area contributed by atoms with Crippen molar-refractivity contribution in [2.24, 2.45) is 0 Å². The summed E-state index contributed by atoms with van der Waals surface area (Å²) >= 11 is 0. The van der Waals surface area contributed by atoms with Crippen molar-refractivity contribution in [3.63, 3.8) is 0 Å². The number of ether oxygens (including phenoxy) is 1. The van der Waals surface area contributed by atoms with Crippen molar-refractivity contribution in [2.75, 3.05) is 51.3 Å². The van der Waals surface area contributed by atoms with Crippen LogP contribution in [0.25, 0.3) is 22.2 Å². The molecule has 0 radical (unpaired) electrons. The number of carbonyl (C=O) groups is 2. The van der Waals surface area contributed by atoms with Gasteiger partial charge in [0, 0.05) is 101 Å². The largest absolute Gasteiger partial charge is 0.381 e. The molecule has 2 aromatic carbocycles. The zero-order valence-corrected chi connectivity index (χ0v) is 30.8. The molecule has 0 spiro atoms. The number of rotatable bonds is 15. The third kappa shape index (κ3) is 9.33. The summed E-state index contributed by atoms with van der Waals surface area (Å²) in [6.45, 7) is 15.1. The van der Waals surface area contributed by atoms with Gasteiger partial charge in [0.2, 0.25) is 11.8 Å². The molecule has 6 rings (SSSR count). The Hall–Kier alpha value is -4.39. The summed E-state index contributed by atoms with van der Waals surface area (Å²) in [4.78, 5) is 35.7. The van der Waals surface area contributed by atoms with Crippen LogP contribution in [0.1, 0.15) is 68.8 Å². The van der Waals surface area contributed by atoms with Crippen molar-refractivity contribution >= 4 is 28.5 Å². The molecule has 0 bridgehead atoms. The highest BCUT2D eigenvalue weighted by Gasteiger charge is 2.22. The summed E-state index contributed by atoms with van der Waals surface area (Å²) in [6.07, 6.45) is 4.45. The van der Waals surface area contributed by atoms with Crippen molar-refractivity contribution in [3.8, 4) is 11.1 Å². The second-order valence-corrected chi connectivity index (χ2v) is 13.8. The van der Waals surface area contributed by atoms with E-state index in [-0.39, 0.29) is 43.1 Å². The standard InChI is InChI=1S/C40H53FN8O3/c1-4-36-33(39(45-31-14-20-52-21-15-31)34-26-44-49(6-3)40(34)46-36)25-43-38(51)13-12-37(50)42-24-28-10-11-35(41)32(23-28)30-9-7-8-29(22-30)27-48-18-16-47(5-2)17-19-48/h7-11,22-23,26,31H,4-6,12-21,24-25,27H2,1-3H3,(H,42,50)(H,43,51)(H,45,46). The summed E-state index contributed by atoms with van der Waals surface area (Å²) < 4.78 is 22.5. The minimum atomic E-state index is -0.300. The number of nitrogens with one attached hydrogen (secondary N) is 3. The van der Waals surface area contributed by atoms with Crippen molar-refractivity contribution < 1.29 is 18.7 Å². The second kappa shape index (κ2) is 17.9. The number of likely N-dealkylation sites (N-methyl/N-ethyl adjacent to an activating group) is 1. The van der Waals surface area contributed by atoms with E-state index in [4.69, 9.17) is 9.72 Å². The van der Waals surface area contributed by atoms with Gasteiger partial charge in [-0.2, -0.15) is 5.10 Å². The monoisotopic (exact) mass is 712 g/mol. The Labute approximate surface area is 306 Å². The van der Waals surface area contributed by atoms with E-state index in [1.807, 2.05) is 29.9 Å². The van der Waals surface area contributed by atoms with E-state index in [0.29, 0.717) is 38.3 Å². The molecule has 11 nitrogen and oxygen atoms in total. The topological polar surface area (TPSA) is 117 Å². The zero-order chi connectivity index (χ0) is 36.5. The number of benzene rings is 2. The number of piperazine rings is 1. The van der Waals surface area contributed by atoms with Crippen LogP contribution in [0.2, 0.25) is 0 Å². The zero-order valence-electron chi connectivity index (χ0n) is 30.8. The van der Waals surface area contributed by atoms with Crippen LogP contribution in [0.15, 0.2) is 48.7 Å². The van der Waals surface area contributed by atoms with E-state index < -0.39 is 0 Å². The Bertz CT molecular complexity index is 1830. The minimum absolute atomic E-state index is 0.0445. The number of aromatic nitrogens is 3. The van der Waals surface area contributed by atoms with Crippen LogP contribution in [0, 0.1) is 5.82 Å². The maximum atomic E-state index is 15.1. The number of fused-ring (bicyclic) bond motifs is 1. The fourth-order valence-corrected chi connectivity index (χ4v) is 7.15. The third-order valence-corrected chi connectivity index (χ3v) is 10.3. The van der Waals surface area contributed by atoms with Gasteiger partial charge in [-0.3, -0.25) is 14.5 Å². The maximum absolute atomic E-state index is 15.1. The normalized spacial score (nSPS) is 15.9. The van der Waals surface area contributed by atoms with E-state index in [2.05, 4.69) is 56.8 Å². The van der Waals surface area contributed by atoms with E-state index >= 15 is 4.39 Å². The van der Waals surface area contributed by atoms with Crippen molar-refractivity contribution in [1.82, 2.24) is 35.2 Å². The number of hydrogen-bond acceptors (Lipinski definition) is 8. The van der Waals surface area contributed by atoms with Gasteiger partial charge in [0.1, 0.15) is 5.82 Å². The van der Waals surface area contributed by atoms with Gasteiger partial charge in [-0.1, -0.05) is 38.1 Å².